The minimum Gasteiger partial charge on any atom is -0.497 e. The molecule has 8 nitrogen and oxygen atoms in total. The van der Waals surface area contributed by atoms with E-state index >= 15 is 0 Å². The van der Waals surface area contributed by atoms with E-state index in [1.165, 1.54) is 17.0 Å². The highest BCUT2D eigenvalue weighted by atomic mass is 19.1. The van der Waals surface area contributed by atoms with E-state index in [1.807, 2.05) is 0 Å². The van der Waals surface area contributed by atoms with E-state index in [1.54, 1.807) is 74.7 Å². The number of ether oxygens (including phenoxy) is 2. The summed E-state index contributed by atoms with van der Waals surface area (Å²) in [5.74, 6) is -0.382. The van der Waals surface area contributed by atoms with Crippen molar-refractivity contribution in [3.05, 3.63) is 95.3 Å². The average molecular weight is 492 g/mol. The second-order valence-corrected chi connectivity index (χ2v) is 8.20. The Kier molecular flexibility index (Phi) is 7.48. The second-order valence-electron chi connectivity index (χ2n) is 8.20. The monoisotopic (exact) mass is 491 g/mol. The van der Waals surface area contributed by atoms with Gasteiger partial charge in [-0.25, -0.2) is 9.18 Å². The summed E-state index contributed by atoms with van der Waals surface area (Å²) in [6.07, 6.45) is -1.49. The summed E-state index contributed by atoms with van der Waals surface area (Å²) in [5, 5.41) is 5.57. The van der Waals surface area contributed by atoms with E-state index in [4.69, 9.17) is 9.47 Å². The van der Waals surface area contributed by atoms with Crippen molar-refractivity contribution in [1.82, 2.24) is 10.2 Å². The summed E-state index contributed by atoms with van der Waals surface area (Å²) in [6, 6.07) is 18.3. The van der Waals surface area contributed by atoms with E-state index in [0.717, 1.165) is 0 Å². The van der Waals surface area contributed by atoms with Gasteiger partial charge in [0.1, 0.15) is 11.6 Å². The van der Waals surface area contributed by atoms with Gasteiger partial charge in [-0.15, -0.1) is 0 Å². The topological polar surface area (TPSA) is 97.0 Å². The zero-order valence-electron chi connectivity index (χ0n) is 19.9. The molecule has 0 aromatic heterocycles. The van der Waals surface area contributed by atoms with Crippen LogP contribution in [0.15, 0.2) is 72.8 Å². The smallest absolute Gasteiger partial charge is 0.411 e. The van der Waals surface area contributed by atoms with Gasteiger partial charge in [0.25, 0.3) is 5.91 Å². The van der Waals surface area contributed by atoms with E-state index < -0.39 is 18.2 Å². The number of carbonyl (C=O) groups excluding carboxylic acids is 3. The zero-order valence-corrected chi connectivity index (χ0v) is 19.9. The summed E-state index contributed by atoms with van der Waals surface area (Å²) in [4.78, 5) is 39.6. The number of nitrogens with one attached hydrogen (secondary N) is 2. The maximum absolute atomic E-state index is 13.3. The highest BCUT2D eigenvalue weighted by Gasteiger charge is 2.46. The Morgan fingerprint density at radius 1 is 1.00 bits per heavy atom. The van der Waals surface area contributed by atoms with Gasteiger partial charge >= 0.3 is 6.09 Å². The summed E-state index contributed by atoms with van der Waals surface area (Å²) in [5.41, 5.74) is 2.28. The van der Waals surface area contributed by atoms with Crippen LogP contribution in [-0.4, -0.2) is 42.5 Å². The van der Waals surface area contributed by atoms with Crippen LogP contribution in [0.3, 0.4) is 0 Å². The molecule has 36 heavy (non-hydrogen) atoms. The van der Waals surface area contributed by atoms with Gasteiger partial charge in [0.15, 0.2) is 12.1 Å². The molecule has 3 aromatic carbocycles. The predicted molar refractivity (Wildman–Crippen MR) is 131 cm³/mol. The van der Waals surface area contributed by atoms with Gasteiger partial charge in [0.05, 0.1) is 13.7 Å². The number of rotatable bonds is 8. The van der Waals surface area contributed by atoms with Gasteiger partial charge in [-0.05, 0) is 66.6 Å². The number of benzene rings is 3. The van der Waals surface area contributed by atoms with Crippen LogP contribution in [-0.2, 0) is 16.1 Å². The van der Waals surface area contributed by atoms with E-state index in [2.05, 4.69) is 10.6 Å². The highest BCUT2D eigenvalue weighted by molar-refractivity contribution is 6.04. The molecular formula is C27H26FN3O5. The molecule has 0 radical (unpaired) electrons. The van der Waals surface area contributed by atoms with Crippen LogP contribution < -0.4 is 15.4 Å². The third kappa shape index (κ3) is 5.46. The molecule has 4 rings (SSSR count). The molecule has 0 saturated carbocycles. The van der Waals surface area contributed by atoms with Crippen molar-refractivity contribution in [2.75, 3.05) is 19.0 Å². The summed E-state index contributed by atoms with van der Waals surface area (Å²) in [6.45, 7) is 2.26. The fourth-order valence-corrected chi connectivity index (χ4v) is 3.98. The fourth-order valence-electron chi connectivity index (χ4n) is 3.98. The molecule has 1 aliphatic rings. The Labute approximate surface area is 208 Å². The van der Waals surface area contributed by atoms with Crippen LogP contribution in [0.1, 0.15) is 34.5 Å². The molecule has 2 N–H and O–H groups in total. The first-order valence-electron chi connectivity index (χ1n) is 11.4. The lowest BCUT2D eigenvalue weighted by atomic mass is 10.00. The highest BCUT2D eigenvalue weighted by Crippen LogP contribution is 2.34. The molecule has 1 heterocycles. The minimum absolute atomic E-state index is 0.0907. The molecule has 9 heteroatoms. The first-order chi connectivity index (χ1) is 17.4. The van der Waals surface area contributed by atoms with Gasteiger partial charge in [-0.1, -0.05) is 24.3 Å². The number of carbonyl (C=O) groups is 3. The zero-order chi connectivity index (χ0) is 25.7. The molecule has 1 fully saturated rings. The largest absolute Gasteiger partial charge is 0.497 e. The Hall–Kier alpha value is -4.40. The molecule has 3 aromatic rings. The number of cyclic esters (lactones) is 1. The van der Waals surface area contributed by atoms with Crippen LogP contribution in [0.2, 0.25) is 0 Å². The van der Waals surface area contributed by atoms with Gasteiger partial charge < -0.3 is 20.1 Å². The first-order valence-corrected chi connectivity index (χ1v) is 11.4. The van der Waals surface area contributed by atoms with Gasteiger partial charge in [-0.3, -0.25) is 14.5 Å². The van der Waals surface area contributed by atoms with Crippen LogP contribution in [0, 0.1) is 5.82 Å². The van der Waals surface area contributed by atoms with Gasteiger partial charge in [0, 0.05) is 17.8 Å². The number of likely N-dealkylation sites (N-methyl/N-ethyl adjacent to an activating group) is 1. The van der Waals surface area contributed by atoms with Crippen LogP contribution in [0.25, 0.3) is 0 Å². The standard InChI is InChI=1S/C27H26FN3O5/c1-3-29-26(33)23-24(36-27(34)31(23)16-17-4-10-20(28)11-5-17)18-6-12-21(13-7-18)30-25(32)19-8-14-22(35-2)15-9-19/h4-15,23-24H,3,16H2,1-2H3,(H,29,33)(H,30,32). The number of anilines is 1. The molecule has 3 amide bonds. The van der Waals surface area contributed by atoms with Crippen molar-refractivity contribution in [3.8, 4) is 5.75 Å². The van der Waals surface area contributed by atoms with Crippen LogP contribution in [0.4, 0.5) is 14.9 Å². The SMILES string of the molecule is CCNC(=O)C1C(c2ccc(NC(=O)c3ccc(OC)cc3)cc2)OC(=O)N1Cc1ccc(F)cc1. The summed E-state index contributed by atoms with van der Waals surface area (Å²) in [7, 11) is 1.55. The normalized spacial score (nSPS) is 16.9. The van der Waals surface area contributed by atoms with Crippen molar-refractivity contribution < 1.29 is 28.2 Å². The second kappa shape index (κ2) is 10.9. The maximum Gasteiger partial charge on any atom is 0.411 e. The fraction of sp³-hybridized carbons (Fsp3) is 0.222. The number of hydrogen-bond acceptors (Lipinski definition) is 5. The van der Waals surface area contributed by atoms with Crippen LogP contribution >= 0.6 is 0 Å². The van der Waals surface area contributed by atoms with Crippen molar-refractivity contribution in [1.29, 1.82) is 0 Å². The van der Waals surface area contributed by atoms with Crippen LogP contribution in [0.5, 0.6) is 5.75 Å². The van der Waals surface area contributed by atoms with Crippen molar-refractivity contribution >= 4 is 23.6 Å². The van der Waals surface area contributed by atoms with Crippen molar-refractivity contribution in [3.63, 3.8) is 0 Å². The molecule has 186 valence electrons. The van der Waals surface area contributed by atoms with Crippen molar-refractivity contribution in [2.24, 2.45) is 0 Å². The average Bonchev–Trinajstić information content (AvgIpc) is 3.21. The van der Waals surface area contributed by atoms with Gasteiger partial charge in [0.2, 0.25) is 5.91 Å². The third-order valence-electron chi connectivity index (χ3n) is 5.82. The Bertz CT molecular complexity index is 1230. The predicted octanol–water partition coefficient (Wildman–Crippen LogP) is 4.28. The molecule has 0 bridgehead atoms. The Morgan fingerprint density at radius 2 is 1.67 bits per heavy atom. The quantitative estimate of drug-likeness (QED) is 0.490. The number of amides is 3. The van der Waals surface area contributed by atoms with E-state index in [0.29, 0.717) is 34.7 Å². The van der Waals surface area contributed by atoms with Crippen molar-refractivity contribution in [2.45, 2.75) is 25.6 Å². The molecule has 0 aliphatic carbocycles. The van der Waals surface area contributed by atoms with Gasteiger partial charge in [-0.2, -0.15) is 0 Å². The number of halogens is 1. The molecule has 2 unspecified atom stereocenters. The molecular weight excluding hydrogens is 465 g/mol. The Morgan fingerprint density at radius 3 is 2.28 bits per heavy atom. The Balaban J connectivity index is 1.51. The third-order valence-corrected chi connectivity index (χ3v) is 5.82. The molecule has 2 atom stereocenters. The minimum atomic E-state index is -0.915. The molecule has 0 spiro atoms. The summed E-state index contributed by atoms with van der Waals surface area (Å²) >= 11 is 0. The lowest BCUT2D eigenvalue weighted by Crippen LogP contribution is -2.46. The molecule has 1 aliphatic heterocycles. The van der Waals surface area contributed by atoms with E-state index in [-0.39, 0.29) is 24.2 Å². The number of methoxy groups -OCH3 is 1. The van der Waals surface area contributed by atoms with E-state index in [9.17, 15) is 18.8 Å². The first kappa shape index (κ1) is 24.7. The lowest BCUT2D eigenvalue weighted by molar-refractivity contribution is -0.126. The number of hydrogen-bond donors (Lipinski definition) is 2. The lowest BCUT2D eigenvalue weighted by Gasteiger charge is -2.24. The maximum atomic E-state index is 13.3. The summed E-state index contributed by atoms with van der Waals surface area (Å²) < 4.78 is 24.0. The number of nitrogens with zero attached hydrogens (tertiary/aromatic N) is 1. The molecule has 1 saturated heterocycles.